The molecule has 1 aromatic rings. The molecule has 0 aliphatic carbocycles. The van der Waals surface area contributed by atoms with Gasteiger partial charge in [0.2, 0.25) is 0 Å². The van der Waals surface area contributed by atoms with Crippen LogP contribution >= 0.6 is 15.9 Å². The smallest absolute Gasteiger partial charge is 0.250 e. The third kappa shape index (κ3) is 3.10. The van der Waals surface area contributed by atoms with Crippen molar-refractivity contribution < 1.29 is 4.79 Å². The summed E-state index contributed by atoms with van der Waals surface area (Å²) in [7, 11) is 0. The van der Waals surface area contributed by atoms with Crippen molar-refractivity contribution in [1.82, 2.24) is 0 Å². The molecule has 0 aliphatic rings. The standard InChI is InChI=1S/C12H6BrN5O/c13-9-3-1-2-8(12(17)19)11(9)18-10(6-16)7(4-14)5-15/h1-3,18H,(H2,17,19). The van der Waals surface area contributed by atoms with Crippen molar-refractivity contribution in [3.63, 3.8) is 0 Å². The van der Waals surface area contributed by atoms with Crippen molar-refractivity contribution in [3.05, 3.63) is 39.5 Å². The Morgan fingerprint density at radius 1 is 1.21 bits per heavy atom. The van der Waals surface area contributed by atoms with Gasteiger partial charge in [0.05, 0.1) is 11.3 Å². The summed E-state index contributed by atoms with van der Waals surface area (Å²) < 4.78 is 0.478. The summed E-state index contributed by atoms with van der Waals surface area (Å²) in [6, 6.07) is 9.57. The molecule has 1 aromatic carbocycles. The van der Waals surface area contributed by atoms with Gasteiger partial charge in [0.15, 0.2) is 5.57 Å². The molecule has 0 radical (unpaired) electrons. The molecule has 19 heavy (non-hydrogen) atoms. The van der Waals surface area contributed by atoms with Crippen molar-refractivity contribution in [2.24, 2.45) is 5.73 Å². The van der Waals surface area contributed by atoms with Gasteiger partial charge in [-0.25, -0.2) is 0 Å². The van der Waals surface area contributed by atoms with Crippen molar-refractivity contribution in [2.45, 2.75) is 0 Å². The first-order valence-electron chi connectivity index (χ1n) is 4.85. The lowest BCUT2D eigenvalue weighted by molar-refractivity contribution is 0.100. The maximum atomic E-state index is 11.3. The van der Waals surface area contributed by atoms with Crippen LogP contribution in [0.15, 0.2) is 33.9 Å². The molecule has 0 spiro atoms. The molecule has 1 rings (SSSR count). The number of hydrogen-bond donors (Lipinski definition) is 2. The Morgan fingerprint density at radius 3 is 2.32 bits per heavy atom. The molecule has 0 saturated heterocycles. The Labute approximate surface area is 117 Å². The number of halogens is 1. The average Bonchev–Trinajstić information content (AvgIpc) is 2.40. The third-order valence-electron chi connectivity index (χ3n) is 2.11. The molecule has 0 aromatic heterocycles. The van der Waals surface area contributed by atoms with Gasteiger partial charge in [-0.05, 0) is 28.1 Å². The zero-order chi connectivity index (χ0) is 14.4. The van der Waals surface area contributed by atoms with E-state index in [9.17, 15) is 4.79 Å². The van der Waals surface area contributed by atoms with E-state index in [1.165, 1.54) is 6.07 Å². The molecule has 0 unspecified atom stereocenters. The fourth-order valence-electron chi connectivity index (χ4n) is 1.26. The van der Waals surface area contributed by atoms with Gasteiger partial charge < -0.3 is 11.1 Å². The second-order valence-corrected chi connectivity index (χ2v) is 4.09. The van der Waals surface area contributed by atoms with E-state index in [1.807, 2.05) is 0 Å². The summed E-state index contributed by atoms with van der Waals surface area (Å²) in [5.41, 5.74) is 4.95. The molecule has 1 amide bonds. The van der Waals surface area contributed by atoms with Crippen molar-refractivity contribution in [1.29, 1.82) is 15.8 Å². The van der Waals surface area contributed by atoms with E-state index in [2.05, 4.69) is 21.2 Å². The van der Waals surface area contributed by atoms with Crippen LogP contribution in [0.2, 0.25) is 0 Å². The van der Waals surface area contributed by atoms with Gasteiger partial charge in [-0.3, -0.25) is 4.79 Å². The first kappa shape index (κ1) is 14.2. The zero-order valence-electron chi connectivity index (χ0n) is 9.44. The van der Waals surface area contributed by atoms with Gasteiger partial charge in [-0.2, -0.15) is 15.8 Å². The topological polar surface area (TPSA) is 126 Å². The summed E-state index contributed by atoms with van der Waals surface area (Å²) in [6.07, 6.45) is 0. The second-order valence-electron chi connectivity index (χ2n) is 3.24. The number of nitrogens with one attached hydrogen (secondary N) is 1. The van der Waals surface area contributed by atoms with Crippen LogP contribution in [0.4, 0.5) is 5.69 Å². The Kier molecular flexibility index (Phi) is 4.65. The number of benzene rings is 1. The minimum atomic E-state index is -0.698. The number of amides is 1. The predicted molar refractivity (Wildman–Crippen MR) is 70.1 cm³/mol. The fourth-order valence-corrected chi connectivity index (χ4v) is 1.73. The minimum Gasteiger partial charge on any atom is -0.366 e. The Hall–Kier alpha value is -2.82. The number of hydrogen-bond acceptors (Lipinski definition) is 5. The molecule has 92 valence electrons. The van der Waals surface area contributed by atoms with Gasteiger partial charge in [-0.15, -0.1) is 0 Å². The van der Waals surface area contributed by atoms with E-state index >= 15 is 0 Å². The number of anilines is 1. The first-order chi connectivity index (χ1) is 9.04. The minimum absolute atomic E-state index is 0.136. The van der Waals surface area contributed by atoms with Crippen molar-refractivity contribution >= 4 is 27.5 Å². The number of rotatable bonds is 3. The number of nitrogens with zero attached hydrogens (tertiary/aromatic N) is 3. The molecule has 0 heterocycles. The molecule has 0 saturated carbocycles. The number of primary amides is 1. The normalized spacial score (nSPS) is 8.53. The largest absolute Gasteiger partial charge is 0.366 e. The van der Waals surface area contributed by atoms with E-state index in [-0.39, 0.29) is 22.5 Å². The Balaban J connectivity index is 3.40. The second kappa shape index (κ2) is 6.20. The van der Waals surface area contributed by atoms with Gasteiger partial charge in [0.1, 0.15) is 23.9 Å². The summed E-state index contributed by atoms with van der Waals surface area (Å²) in [5, 5.41) is 29.0. The lowest BCUT2D eigenvalue weighted by Crippen LogP contribution is -2.15. The van der Waals surface area contributed by atoms with Gasteiger partial charge in [0.25, 0.3) is 5.91 Å². The number of carbonyl (C=O) groups is 1. The Bertz CT molecular complexity index is 672. The quantitative estimate of drug-likeness (QED) is 0.822. The summed E-state index contributed by atoms with van der Waals surface area (Å²) in [6.45, 7) is 0. The fraction of sp³-hybridized carbons (Fsp3) is 0. The van der Waals surface area contributed by atoms with Crippen LogP contribution in [0.1, 0.15) is 10.4 Å². The summed E-state index contributed by atoms with van der Waals surface area (Å²) >= 11 is 3.20. The molecule has 3 N–H and O–H groups in total. The van der Waals surface area contributed by atoms with E-state index in [0.717, 1.165) is 0 Å². The highest BCUT2D eigenvalue weighted by molar-refractivity contribution is 9.10. The number of carbonyl (C=O) groups excluding carboxylic acids is 1. The molecule has 6 nitrogen and oxygen atoms in total. The number of para-hydroxylation sites is 1. The van der Waals surface area contributed by atoms with Crippen LogP contribution in [-0.2, 0) is 0 Å². The molecule has 7 heteroatoms. The highest BCUT2D eigenvalue weighted by Gasteiger charge is 2.14. The summed E-state index contributed by atoms with van der Waals surface area (Å²) in [4.78, 5) is 11.3. The Morgan fingerprint density at radius 2 is 1.84 bits per heavy atom. The van der Waals surface area contributed by atoms with E-state index in [1.54, 1.807) is 30.3 Å². The molecule has 0 bridgehead atoms. The van der Waals surface area contributed by atoms with Crippen LogP contribution in [0.5, 0.6) is 0 Å². The van der Waals surface area contributed by atoms with Crippen LogP contribution in [0.3, 0.4) is 0 Å². The summed E-state index contributed by atoms with van der Waals surface area (Å²) in [5.74, 6) is -0.698. The molecular formula is C12H6BrN5O. The molecule has 0 aliphatic heterocycles. The van der Waals surface area contributed by atoms with Crippen molar-refractivity contribution in [2.75, 3.05) is 5.32 Å². The molecule has 0 atom stereocenters. The van der Waals surface area contributed by atoms with Gasteiger partial charge in [-0.1, -0.05) is 6.07 Å². The van der Waals surface area contributed by atoms with Gasteiger partial charge in [0, 0.05) is 4.47 Å². The number of nitriles is 3. The lowest BCUT2D eigenvalue weighted by atomic mass is 10.1. The predicted octanol–water partition coefficient (Wildman–Crippen LogP) is 1.78. The molecule has 0 fully saturated rings. The van der Waals surface area contributed by atoms with E-state index < -0.39 is 5.91 Å². The van der Waals surface area contributed by atoms with Crippen LogP contribution < -0.4 is 11.1 Å². The average molecular weight is 316 g/mol. The maximum Gasteiger partial charge on any atom is 0.250 e. The third-order valence-corrected chi connectivity index (χ3v) is 2.78. The van der Waals surface area contributed by atoms with E-state index in [4.69, 9.17) is 21.5 Å². The monoisotopic (exact) mass is 315 g/mol. The van der Waals surface area contributed by atoms with Crippen LogP contribution in [0.25, 0.3) is 0 Å². The van der Waals surface area contributed by atoms with Crippen LogP contribution in [-0.4, -0.2) is 5.91 Å². The maximum absolute atomic E-state index is 11.3. The zero-order valence-corrected chi connectivity index (χ0v) is 11.0. The van der Waals surface area contributed by atoms with Crippen LogP contribution in [0, 0.1) is 34.0 Å². The first-order valence-corrected chi connectivity index (χ1v) is 5.64. The lowest BCUT2D eigenvalue weighted by Gasteiger charge is -2.10. The van der Waals surface area contributed by atoms with Crippen molar-refractivity contribution in [3.8, 4) is 18.2 Å². The molecular weight excluding hydrogens is 310 g/mol. The van der Waals surface area contributed by atoms with E-state index in [0.29, 0.717) is 4.47 Å². The highest BCUT2D eigenvalue weighted by Crippen LogP contribution is 2.27. The van der Waals surface area contributed by atoms with Gasteiger partial charge >= 0.3 is 0 Å². The number of allylic oxidation sites excluding steroid dienone is 2. The number of nitrogens with two attached hydrogens (primary N) is 1. The SMILES string of the molecule is N#CC(C#N)=C(C#N)Nc1c(Br)cccc1C(N)=O. The highest BCUT2D eigenvalue weighted by atomic mass is 79.9.